The minimum absolute atomic E-state index is 0.0883. The Bertz CT molecular complexity index is 2030. The summed E-state index contributed by atoms with van der Waals surface area (Å²) in [6.07, 6.45) is 1.50. The van der Waals surface area contributed by atoms with Crippen molar-refractivity contribution in [1.82, 2.24) is 15.1 Å². The van der Waals surface area contributed by atoms with E-state index in [4.69, 9.17) is 4.42 Å². The summed E-state index contributed by atoms with van der Waals surface area (Å²) < 4.78 is 5.46. The number of phenols is 1. The number of rotatable bonds is 6. The Balaban J connectivity index is 0.000000307. The summed E-state index contributed by atoms with van der Waals surface area (Å²) in [4.78, 5) is 55.4. The summed E-state index contributed by atoms with van der Waals surface area (Å²) in [5.74, 6) is -1.04. The topological polar surface area (TPSA) is 123 Å². The maximum absolute atomic E-state index is 12.8. The Morgan fingerprint density at radius 1 is 0.833 bits per heavy atom. The van der Waals surface area contributed by atoms with E-state index in [0.717, 1.165) is 30.3 Å². The highest BCUT2D eigenvalue weighted by Crippen LogP contribution is 2.25. The van der Waals surface area contributed by atoms with Crippen LogP contribution in [-0.4, -0.2) is 71.9 Å². The zero-order chi connectivity index (χ0) is 33.6. The summed E-state index contributed by atoms with van der Waals surface area (Å²) in [5, 5.41) is 15.0. The number of benzene rings is 4. The molecule has 10 nitrogen and oxygen atoms in total. The molecule has 2 saturated heterocycles. The first-order valence-corrected chi connectivity index (χ1v) is 16.1. The van der Waals surface area contributed by atoms with Gasteiger partial charge in [-0.05, 0) is 47.9 Å². The third kappa shape index (κ3) is 7.49. The molecule has 1 aromatic heterocycles. The molecule has 2 N–H and O–H groups in total. The van der Waals surface area contributed by atoms with Crippen LogP contribution < -0.4 is 15.6 Å². The summed E-state index contributed by atoms with van der Waals surface area (Å²) in [7, 11) is 0. The highest BCUT2D eigenvalue weighted by atomic mass is 16.3. The molecule has 2 fully saturated rings. The number of likely N-dealkylation sites (tertiary alicyclic amines) is 1. The molecule has 48 heavy (non-hydrogen) atoms. The van der Waals surface area contributed by atoms with Crippen molar-refractivity contribution in [3.63, 3.8) is 0 Å². The number of nitrogens with zero attached hydrogens (tertiary/aromatic N) is 3. The van der Waals surface area contributed by atoms with Gasteiger partial charge in [0.2, 0.25) is 11.8 Å². The Kier molecular flexibility index (Phi) is 9.70. The van der Waals surface area contributed by atoms with Gasteiger partial charge in [-0.2, -0.15) is 0 Å². The van der Waals surface area contributed by atoms with Crippen molar-refractivity contribution in [2.24, 2.45) is 0 Å². The molecular formula is C38H38N4O6. The summed E-state index contributed by atoms with van der Waals surface area (Å²) in [5.41, 5.74) is 3.16. The van der Waals surface area contributed by atoms with Crippen LogP contribution in [-0.2, 0) is 16.1 Å². The van der Waals surface area contributed by atoms with Gasteiger partial charge in [0.15, 0.2) is 11.2 Å². The Morgan fingerprint density at radius 2 is 1.58 bits per heavy atom. The number of piperazine rings is 1. The molecule has 2 aliphatic heterocycles. The number of nitrogens with one attached hydrogen (secondary N) is 1. The SMILES string of the molecule is Cc1ccc2ccccc2c1.O=C(NCC(=O)N1CCN(c2ccccc2CN2CCCC2=O)CC1)c1cc(=O)c2ccc(O)cc2o1. The van der Waals surface area contributed by atoms with Crippen LogP contribution in [0.25, 0.3) is 21.7 Å². The van der Waals surface area contributed by atoms with E-state index in [-0.39, 0.29) is 40.8 Å². The molecule has 3 amide bonds. The number of phenolic OH excluding ortho intramolecular Hbond substituents is 1. The van der Waals surface area contributed by atoms with Crippen molar-refractivity contribution in [1.29, 1.82) is 0 Å². The van der Waals surface area contributed by atoms with Crippen molar-refractivity contribution in [2.45, 2.75) is 26.3 Å². The minimum atomic E-state index is -0.681. The van der Waals surface area contributed by atoms with Crippen LogP contribution in [0.3, 0.4) is 0 Å². The first-order valence-electron chi connectivity index (χ1n) is 16.1. The first-order chi connectivity index (χ1) is 23.2. The molecule has 2 aliphatic rings. The highest BCUT2D eigenvalue weighted by molar-refractivity contribution is 5.95. The monoisotopic (exact) mass is 646 g/mol. The van der Waals surface area contributed by atoms with Gasteiger partial charge >= 0.3 is 0 Å². The number of carbonyl (C=O) groups excluding carboxylic acids is 3. The highest BCUT2D eigenvalue weighted by Gasteiger charge is 2.25. The van der Waals surface area contributed by atoms with E-state index < -0.39 is 11.3 Å². The number of para-hydroxylation sites is 1. The number of fused-ring (bicyclic) bond motifs is 2. The Morgan fingerprint density at radius 3 is 2.35 bits per heavy atom. The largest absolute Gasteiger partial charge is 0.508 e. The predicted molar refractivity (Wildman–Crippen MR) is 185 cm³/mol. The molecule has 7 rings (SSSR count). The molecule has 0 spiro atoms. The van der Waals surface area contributed by atoms with E-state index in [0.29, 0.717) is 39.1 Å². The van der Waals surface area contributed by atoms with E-state index >= 15 is 0 Å². The maximum Gasteiger partial charge on any atom is 0.287 e. The average molecular weight is 647 g/mol. The lowest BCUT2D eigenvalue weighted by molar-refractivity contribution is -0.130. The third-order valence-electron chi connectivity index (χ3n) is 8.74. The van der Waals surface area contributed by atoms with E-state index in [9.17, 15) is 24.3 Å². The van der Waals surface area contributed by atoms with Crippen molar-refractivity contribution >= 4 is 45.2 Å². The molecule has 0 atom stereocenters. The standard InChI is InChI=1S/C27H28N4O6.C11H10/c32-19-7-8-20-22(33)15-24(37-23(20)14-19)27(36)28-16-26(35)30-12-10-29(11-13-30)21-5-2-1-4-18(21)17-31-9-3-6-25(31)34;1-9-6-7-10-4-2-3-5-11(10)8-9/h1-2,4-5,7-8,14-15,32H,3,6,9-13,16-17H2,(H,28,36);2-8H,1H3. The van der Waals surface area contributed by atoms with Crippen LogP contribution in [0.2, 0.25) is 0 Å². The number of amides is 3. The van der Waals surface area contributed by atoms with Gasteiger partial charge in [-0.25, -0.2) is 0 Å². The van der Waals surface area contributed by atoms with Crippen molar-refractivity contribution in [3.05, 3.63) is 118 Å². The predicted octanol–water partition coefficient (Wildman–Crippen LogP) is 4.85. The molecular weight excluding hydrogens is 608 g/mol. The lowest BCUT2D eigenvalue weighted by Gasteiger charge is -2.37. The van der Waals surface area contributed by atoms with E-state index in [1.54, 1.807) is 4.90 Å². The van der Waals surface area contributed by atoms with Gasteiger partial charge in [-0.15, -0.1) is 0 Å². The molecule has 0 unspecified atom stereocenters. The lowest BCUT2D eigenvalue weighted by Crippen LogP contribution is -2.51. The number of anilines is 1. The number of aryl methyl sites for hydroxylation is 1. The molecule has 246 valence electrons. The fourth-order valence-corrected chi connectivity index (χ4v) is 6.15. The first kappa shape index (κ1) is 32.3. The number of aromatic hydroxyl groups is 1. The third-order valence-corrected chi connectivity index (χ3v) is 8.74. The van der Waals surface area contributed by atoms with Crippen molar-refractivity contribution < 1.29 is 23.9 Å². The van der Waals surface area contributed by atoms with Gasteiger partial charge in [0.25, 0.3) is 5.91 Å². The quantitative estimate of drug-likeness (QED) is 0.271. The van der Waals surface area contributed by atoms with Gasteiger partial charge in [-0.3, -0.25) is 19.2 Å². The van der Waals surface area contributed by atoms with Crippen LogP contribution in [0.15, 0.2) is 100 Å². The lowest BCUT2D eigenvalue weighted by atomic mass is 10.1. The van der Waals surface area contributed by atoms with Crippen LogP contribution in [0, 0.1) is 6.92 Å². The molecule has 10 heteroatoms. The zero-order valence-electron chi connectivity index (χ0n) is 26.9. The normalized spacial score (nSPS) is 14.6. The molecule has 0 saturated carbocycles. The smallest absolute Gasteiger partial charge is 0.287 e. The van der Waals surface area contributed by atoms with Crippen LogP contribution >= 0.6 is 0 Å². The van der Waals surface area contributed by atoms with Crippen LogP contribution in [0.1, 0.15) is 34.5 Å². The van der Waals surface area contributed by atoms with E-state index in [1.807, 2.05) is 29.2 Å². The number of hydrogen-bond acceptors (Lipinski definition) is 7. The number of carbonyl (C=O) groups is 3. The van der Waals surface area contributed by atoms with Gasteiger partial charge in [-0.1, -0.05) is 66.2 Å². The molecule has 0 bridgehead atoms. The molecule has 0 aliphatic carbocycles. The van der Waals surface area contributed by atoms with Crippen LogP contribution in [0.5, 0.6) is 5.75 Å². The van der Waals surface area contributed by atoms with Crippen molar-refractivity contribution in [3.8, 4) is 5.75 Å². The second kappa shape index (κ2) is 14.4. The van der Waals surface area contributed by atoms with Crippen LogP contribution in [0.4, 0.5) is 5.69 Å². The van der Waals surface area contributed by atoms with Crippen molar-refractivity contribution in [2.75, 3.05) is 44.2 Å². The average Bonchev–Trinajstić information content (AvgIpc) is 3.51. The summed E-state index contributed by atoms with van der Waals surface area (Å²) in [6.45, 7) is 5.52. The zero-order valence-corrected chi connectivity index (χ0v) is 26.9. The van der Waals surface area contributed by atoms with Gasteiger partial charge < -0.3 is 29.5 Å². The van der Waals surface area contributed by atoms with Gasteiger partial charge in [0, 0.05) is 63.5 Å². The van der Waals surface area contributed by atoms with Gasteiger partial charge in [0.05, 0.1) is 11.9 Å². The van der Waals surface area contributed by atoms with E-state index in [1.165, 1.54) is 34.5 Å². The summed E-state index contributed by atoms with van der Waals surface area (Å²) >= 11 is 0. The molecule has 0 radical (unpaired) electrons. The van der Waals surface area contributed by atoms with E-state index in [2.05, 4.69) is 59.6 Å². The second-order valence-corrected chi connectivity index (χ2v) is 12.1. The Hall–Kier alpha value is -5.64. The second-order valence-electron chi connectivity index (χ2n) is 12.1. The van der Waals surface area contributed by atoms with Gasteiger partial charge in [0.1, 0.15) is 11.3 Å². The summed E-state index contributed by atoms with van der Waals surface area (Å²) in [6, 6.07) is 28.1. The fraction of sp³-hybridized carbons (Fsp3) is 0.263. The molecule has 5 aromatic rings. The minimum Gasteiger partial charge on any atom is -0.508 e. The molecule has 4 aromatic carbocycles. The number of hydrogen-bond donors (Lipinski definition) is 2. The Labute approximate surface area is 278 Å². The molecule has 3 heterocycles. The fourth-order valence-electron chi connectivity index (χ4n) is 6.15. The maximum atomic E-state index is 12.8.